The first-order chi connectivity index (χ1) is 10.3. The number of hydrogen-bond acceptors (Lipinski definition) is 4. The van der Waals surface area contributed by atoms with E-state index in [1.165, 1.54) is 12.1 Å². The summed E-state index contributed by atoms with van der Waals surface area (Å²) in [5, 5.41) is 10.9. The number of methoxy groups -OCH3 is 1. The van der Waals surface area contributed by atoms with Crippen molar-refractivity contribution in [3.8, 4) is 5.75 Å². The highest BCUT2D eigenvalue weighted by molar-refractivity contribution is 5.74. The Morgan fingerprint density at radius 2 is 1.82 bits per heavy atom. The second-order valence-corrected chi connectivity index (χ2v) is 5.27. The molecule has 2 unspecified atom stereocenters. The maximum atomic E-state index is 13.4. The minimum atomic E-state index is -3.05. The molecule has 1 aromatic rings. The van der Waals surface area contributed by atoms with Crippen LogP contribution in [0.1, 0.15) is 26.3 Å². The second-order valence-electron chi connectivity index (χ2n) is 5.27. The first-order valence-electron chi connectivity index (χ1n) is 7.10. The molecule has 22 heavy (non-hydrogen) atoms. The number of carbonyl (C=O) groups excluding carboxylic acids is 1. The van der Waals surface area contributed by atoms with Crippen molar-refractivity contribution < 1.29 is 28.2 Å². The molecule has 1 aromatic carbocycles. The number of halogens is 2. The number of hydrogen-bond donors (Lipinski definition) is 1. The van der Waals surface area contributed by atoms with Gasteiger partial charge in [-0.1, -0.05) is 26.0 Å². The molecule has 0 bridgehead atoms. The summed E-state index contributed by atoms with van der Waals surface area (Å²) < 4.78 is 36.5. The van der Waals surface area contributed by atoms with Crippen LogP contribution in [0.4, 0.5) is 8.78 Å². The van der Waals surface area contributed by atoms with E-state index in [1.807, 2.05) is 6.92 Å². The lowest BCUT2D eigenvalue weighted by Gasteiger charge is -2.38. The van der Waals surface area contributed by atoms with E-state index >= 15 is 0 Å². The Balaban J connectivity index is 3.31. The molecule has 0 saturated heterocycles. The fourth-order valence-corrected chi connectivity index (χ4v) is 2.46. The molecule has 0 heterocycles. The lowest BCUT2D eigenvalue weighted by Crippen LogP contribution is -2.48. The smallest absolute Gasteiger partial charge is 0.317 e. The molecule has 0 radical (unpaired) electrons. The third-order valence-electron chi connectivity index (χ3n) is 3.69. The average molecular weight is 316 g/mol. The van der Waals surface area contributed by atoms with Crippen LogP contribution in [0, 0.1) is 11.8 Å². The van der Waals surface area contributed by atoms with Gasteiger partial charge in [0, 0.05) is 0 Å². The summed E-state index contributed by atoms with van der Waals surface area (Å²) in [6.45, 7) is 5.45. The van der Waals surface area contributed by atoms with Gasteiger partial charge in [0.15, 0.2) is 5.92 Å². The predicted octanol–water partition coefficient (Wildman–Crippen LogP) is 2.98. The third-order valence-corrected chi connectivity index (χ3v) is 3.69. The Bertz CT molecular complexity index is 487. The van der Waals surface area contributed by atoms with Gasteiger partial charge in [0.25, 0.3) is 6.43 Å². The zero-order chi connectivity index (χ0) is 16.9. The summed E-state index contributed by atoms with van der Waals surface area (Å²) in [6.07, 6.45) is -3.05. The normalized spacial score (nSPS) is 15.5. The Morgan fingerprint density at radius 3 is 2.18 bits per heavy atom. The summed E-state index contributed by atoms with van der Waals surface area (Å²) >= 11 is 0. The highest BCUT2D eigenvalue weighted by Crippen LogP contribution is 2.41. The van der Waals surface area contributed by atoms with Crippen molar-refractivity contribution in [1.29, 1.82) is 0 Å². The molecule has 0 aliphatic heterocycles. The highest BCUT2D eigenvalue weighted by atomic mass is 19.3. The van der Waals surface area contributed by atoms with Crippen molar-refractivity contribution in [3.05, 3.63) is 29.8 Å². The van der Waals surface area contributed by atoms with E-state index in [9.17, 15) is 18.7 Å². The zero-order valence-corrected chi connectivity index (χ0v) is 13.2. The van der Waals surface area contributed by atoms with Crippen molar-refractivity contribution in [3.63, 3.8) is 0 Å². The number of ether oxygens (including phenoxy) is 2. The van der Waals surface area contributed by atoms with E-state index in [-0.39, 0.29) is 5.56 Å². The Kier molecular flexibility index (Phi) is 6.29. The van der Waals surface area contributed by atoms with Crippen molar-refractivity contribution in [2.75, 3.05) is 13.7 Å². The summed E-state index contributed by atoms with van der Waals surface area (Å²) in [7, 11) is 1.02. The number of benzene rings is 1. The molecule has 2 atom stereocenters. The quantitative estimate of drug-likeness (QED) is 0.786. The lowest BCUT2D eigenvalue weighted by atomic mass is 9.73. The molecule has 0 saturated carbocycles. The van der Waals surface area contributed by atoms with Crippen LogP contribution < -0.4 is 4.74 Å². The van der Waals surface area contributed by atoms with Crippen LogP contribution in [0.3, 0.4) is 0 Å². The molecule has 0 spiro atoms. The molecular formula is C16H22F2O4. The number of rotatable bonds is 7. The minimum Gasteiger partial charge on any atom is -0.494 e. The van der Waals surface area contributed by atoms with E-state index in [0.717, 1.165) is 7.11 Å². The maximum absolute atomic E-state index is 13.4. The Labute approximate surface area is 129 Å². The van der Waals surface area contributed by atoms with E-state index < -0.39 is 29.8 Å². The van der Waals surface area contributed by atoms with Gasteiger partial charge in [-0.15, -0.1) is 0 Å². The standard InChI is InChI=1S/C16H22F2O4/c1-5-22-12-8-6-11(7-9-12)16(20,10(2)3)13(14(17)18)15(19)21-4/h6-10,13-14,20H,5H2,1-4H3. The van der Waals surface area contributed by atoms with Gasteiger partial charge in [0.2, 0.25) is 0 Å². The number of alkyl halides is 2. The van der Waals surface area contributed by atoms with Gasteiger partial charge in [-0.25, -0.2) is 8.78 Å². The van der Waals surface area contributed by atoms with Crippen LogP contribution in [-0.4, -0.2) is 31.2 Å². The number of esters is 1. The van der Waals surface area contributed by atoms with Crippen LogP contribution in [0.25, 0.3) is 0 Å². The van der Waals surface area contributed by atoms with E-state index in [1.54, 1.807) is 26.0 Å². The number of carbonyl (C=O) groups is 1. The van der Waals surface area contributed by atoms with Gasteiger partial charge in [0.05, 0.1) is 13.7 Å². The molecule has 0 amide bonds. The van der Waals surface area contributed by atoms with Gasteiger partial charge < -0.3 is 14.6 Å². The Hall–Kier alpha value is -1.69. The van der Waals surface area contributed by atoms with Crippen LogP contribution in [0.5, 0.6) is 5.75 Å². The van der Waals surface area contributed by atoms with Gasteiger partial charge in [-0.3, -0.25) is 4.79 Å². The highest BCUT2D eigenvalue weighted by Gasteiger charge is 2.51. The second kappa shape index (κ2) is 7.54. The first kappa shape index (κ1) is 18.4. The van der Waals surface area contributed by atoms with Gasteiger partial charge in [-0.05, 0) is 30.5 Å². The van der Waals surface area contributed by atoms with Crippen molar-refractivity contribution in [2.45, 2.75) is 32.8 Å². The summed E-state index contributed by atoms with van der Waals surface area (Å²) in [5.41, 5.74) is -1.81. The monoisotopic (exact) mass is 316 g/mol. The maximum Gasteiger partial charge on any atom is 0.317 e. The topological polar surface area (TPSA) is 55.8 Å². The molecule has 0 aliphatic carbocycles. The molecule has 0 fully saturated rings. The van der Waals surface area contributed by atoms with Crippen LogP contribution in [-0.2, 0) is 15.1 Å². The molecule has 0 aliphatic rings. The predicted molar refractivity (Wildman–Crippen MR) is 77.9 cm³/mol. The fraction of sp³-hybridized carbons (Fsp3) is 0.562. The Morgan fingerprint density at radius 1 is 1.27 bits per heavy atom. The summed E-state index contributed by atoms with van der Waals surface area (Å²) in [5.74, 6) is -3.16. The van der Waals surface area contributed by atoms with Crippen LogP contribution in [0.2, 0.25) is 0 Å². The van der Waals surface area contributed by atoms with E-state index in [4.69, 9.17) is 4.74 Å². The minimum absolute atomic E-state index is 0.224. The molecule has 1 N–H and O–H groups in total. The molecule has 4 nitrogen and oxygen atoms in total. The third kappa shape index (κ3) is 3.55. The lowest BCUT2D eigenvalue weighted by molar-refractivity contribution is -0.176. The van der Waals surface area contributed by atoms with Gasteiger partial charge in [-0.2, -0.15) is 0 Å². The van der Waals surface area contributed by atoms with Crippen LogP contribution >= 0.6 is 0 Å². The van der Waals surface area contributed by atoms with Crippen molar-refractivity contribution in [2.24, 2.45) is 11.8 Å². The molecule has 1 rings (SSSR count). The van der Waals surface area contributed by atoms with Crippen molar-refractivity contribution >= 4 is 5.97 Å². The molecule has 0 aromatic heterocycles. The van der Waals surface area contributed by atoms with Gasteiger partial charge >= 0.3 is 5.97 Å². The largest absolute Gasteiger partial charge is 0.494 e. The first-order valence-corrected chi connectivity index (χ1v) is 7.10. The summed E-state index contributed by atoms with van der Waals surface area (Å²) in [6, 6.07) is 6.13. The number of aliphatic hydroxyl groups is 1. The van der Waals surface area contributed by atoms with Gasteiger partial charge in [0.1, 0.15) is 11.4 Å². The fourth-order valence-electron chi connectivity index (χ4n) is 2.46. The SMILES string of the molecule is CCOc1ccc(C(O)(C(C)C)C(C(=O)OC)C(F)F)cc1. The zero-order valence-electron chi connectivity index (χ0n) is 13.2. The van der Waals surface area contributed by atoms with E-state index in [0.29, 0.717) is 12.4 Å². The average Bonchev–Trinajstić information content (AvgIpc) is 2.47. The molecule has 6 heteroatoms. The molecule has 124 valence electrons. The van der Waals surface area contributed by atoms with Crippen molar-refractivity contribution in [1.82, 2.24) is 0 Å². The summed E-state index contributed by atoms with van der Waals surface area (Å²) in [4.78, 5) is 11.8. The molecular weight excluding hydrogens is 294 g/mol. The van der Waals surface area contributed by atoms with E-state index in [2.05, 4.69) is 4.74 Å². The van der Waals surface area contributed by atoms with Crippen LogP contribution in [0.15, 0.2) is 24.3 Å².